The van der Waals surface area contributed by atoms with Gasteiger partial charge < -0.3 is 25.1 Å². The predicted octanol–water partition coefficient (Wildman–Crippen LogP) is 6.63. The number of fused-ring (bicyclic) bond motifs is 1. The molecule has 0 unspecified atom stereocenters. The van der Waals surface area contributed by atoms with Gasteiger partial charge in [-0.15, -0.1) is 12.8 Å². The van der Waals surface area contributed by atoms with Crippen molar-refractivity contribution in [2.24, 2.45) is 11.1 Å². The van der Waals surface area contributed by atoms with Gasteiger partial charge in [-0.05, 0) is 82.8 Å². The number of aryl methyl sites for hydroxylation is 1. The van der Waals surface area contributed by atoms with Crippen LogP contribution < -0.4 is 10.5 Å². The number of carbonyl (C=O) groups is 2. The van der Waals surface area contributed by atoms with Gasteiger partial charge in [0.05, 0.1) is 30.1 Å². The Balaban J connectivity index is 0.000000477. The number of imidazole rings is 1. The smallest absolute Gasteiger partial charge is 0.223 e. The molecule has 0 atom stereocenters. The van der Waals surface area contributed by atoms with Gasteiger partial charge in [0.2, 0.25) is 5.88 Å². The van der Waals surface area contributed by atoms with Gasteiger partial charge in [0, 0.05) is 24.6 Å². The van der Waals surface area contributed by atoms with Crippen LogP contribution in [0.1, 0.15) is 83.9 Å². The summed E-state index contributed by atoms with van der Waals surface area (Å²) in [5.74, 6) is 1.94. The fourth-order valence-electron chi connectivity index (χ4n) is 5.24. The number of nitrogens with one attached hydrogen (secondary N) is 1. The van der Waals surface area contributed by atoms with Crippen molar-refractivity contribution in [1.82, 2.24) is 19.9 Å². The van der Waals surface area contributed by atoms with Crippen LogP contribution in [0.2, 0.25) is 0 Å². The standard InChI is InChI=1S/C22H27N3O2.C9H17N.C2H2.CH5N.CH2O/c1-3-17(26)11-6-4-5-7-13-21-23-15-20(24-21)18-14-16-10-8-9-12-19(16)25-22(18)27-2;1-2-10-7-5-9(3-4-9)6-8-10;3*1-2/h8-10,12,14-15H,3-7,11,13H2,1-2H3,(H,23,24);2-8H2,1H3;1-2H;2H2,1H3;1H2. The minimum atomic E-state index is 0.364. The van der Waals surface area contributed by atoms with Crippen molar-refractivity contribution < 1.29 is 14.3 Å². The number of methoxy groups -OCH3 is 1. The number of unbranched alkanes of at least 4 members (excludes halogenated alkanes) is 3. The van der Waals surface area contributed by atoms with Crippen LogP contribution in [0.25, 0.3) is 22.2 Å². The van der Waals surface area contributed by atoms with Crippen molar-refractivity contribution in [3.63, 3.8) is 0 Å². The maximum Gasteiger partial charge on any atom is 0.223 e. The Morgan fingerprint density at radius 1 is 1.05 bits per heavy atom. The molecule has 2 fully saturated rings. The second-order valence-electron chi connectivity index (χ2n) is 10.7. The molecule has 1 aliphatic carbocycles. The monoisotopic (exact) mass is 591 g/mol. The number of aromatic amines is 1. The lowest BCUT2D eigenvalue weighted by Gasteiger charge is -2.30. The number of H-pyrrole nitrogens is 1. The molecule has 1 aromatic carbocycles. The molecule has 1 aliphatic heterocycles. The first kappa shape index (κ1) is 37.5. The van der Waals surface area contributed by atoms with Gasteiger partial charge in [-0.2, -0.15) is 0 Å². The first-order chi connectivity index (χ1) is 21.1. The SMILES string of the molecule is C#C.C=O.CCC(=O)CCCCCCc1ncc(-c2cc3ccccc3nc2OC)[nH]1.CCN1CCC2(CC1)CC2.CN. The molecule has 1 spiro atoms. The van der Waals surface area contributed by atoms with Crippen LogP contribution in [0.4, 0.5) is 0 Å². The third-order valence-corrected chi connectivity index (χ3v) is 8.14. The minimum absolute atomic E-state index is 0.364. The van der Waals surface area contributed by atoms with E-state index in [4.69, 9.17) is 9.53 Å². The minimum Gasteiger partial charge on any atom is -0.480 e. The normalized spacial score (nSPS) is 14.4. The quantitative estimate of drug-likeness (QED) is 0.190. The van der Waals surface area contributed by atoms with Crippen LogP contribution in [0.15, 0.2) is 36.5 Å². The van der Waals surface area contributed by atoms with E-state index in [1.54, 1.807) is 7.11 Å². The molecule has 0 amide bonds. The van der Waals surface area contributed by atoms with Gasteiger partial charge in [0.15, 0.2) is 0 Å². The predicted molar refractivity (Wildman–Crippen MR) is 178 cm³/mol. The zero-order valence-corrected chi connectivity index (χ0v) is 26.9. The molecule has 236 valence electrons. The first-order valence-electron chi connectivity index (χ1n) is 15.5. The van der Waals surface area contributed by atoms with E-state index < -0.39 is 0 Å². The lowest BCUT2D eigenvalue weighted by molar-refractivity contribution is -0.118. The number of aromatic nitrogens is 3. The molecule has 3 heterocycles. The number of benzene rings is 1. The third kappa shape index (κ3) is 12.3. The summed E-state index contributed by atoms with van der Waals surface area (Å²) >= 11 is 0. The lowest BCUT2D eigenvalue weighted by Crippen LogP contribution is -2.34. The number of hydrogen-bond donors (Lipinski definition) is 2. The number of para-hydroxylation sites is 1. The highest BCUT2D eigenvalue weighted by atomic mass is 16.5. The zero-order valence-electron chi connectivity index (χ0n) is 26.9. The van der Waals surface area contributed by atoms with Crippen molar-refractivity contribution in [3.8, 4) is 30.0 Å². The molecular formula is C35H53N5O3. The molecule has 43 heavy (non-hydrogen) atoms. The van der Waals surface area contributed by atoms with Crippen molar-refractivity contribution >= 4 is 23.5 Å². The van der Waals surface area contributed by atoms with Gasteiger partial charge in [0.1, 0.15) is 18.4 Å². The molecule has 8 heteroatoms. The molecule has 3 aromatic rings. The summed E-state index contributed by atoms with van der Waals surface area (Å²) in [6, 6.07) is 10.1. The van der Waals surface area contributed by atoms with Crippen LogP contribution in [0.5, 0.6) is 5.88 Å². The van der Waals surface area contributed by atoms with Crippen LogP contribution in [0.3, 0.4) is 0 Å². The molecule has 3 N–H and O–H groups in total. The number of rotatable bonds is 11. The molecule has 0 bridgehead atoms. The molecule has 2 aromatic heterocycles. The average Bonchev–Trinajstić information content (AvgIpc) is 3.67. The van der Waals surface area contributed by atoms with Gasteiger partial charge in [-0.1, -0.05) is 44.9 Å². The summed E-state index contributed by atoms with van der Waals surface area (Å²) in [6.45, 7) is 10.2. The van der Waals surface area contributed by atoms with Crippen LogP contribution in [-0.2, 0) is 16.0 Å². The molecule has 1 saturated carbocycles. The number of likely N-dealkylation sites (tertiary alicyclic amines) is 1. The van der Waals surface area contributed by atoms with E-state index in [-0.39, 0.29) is 0 Å². The van der Waals surface area contributed by atoms with E-state index >= 15 is 0 Å². The second kappa shape index (κ2) is 21.2. The number of Topliss-reactive ketones (excluding diaryl/α,β-unsaturated/α-hetero) is 1. The molecule has 2 aliphatic rings. The van der Waals surface area contributed by atoms with Gasteiger partial charge in [0.25, 0.3) is 0 Å². The molecule has 5 rings (SSSR count). The average molecular weight is 592 g/mol. The van der Waals surface area contributed by atoms with Crippen LogP contribution in [-0.4, -0.2) is 66.2 Å². The maximum atomic E-state index is 11.3. The van der Waals surface area contributed by atoms with Gasteiger partial charge in [-0.3, -0.25) is 4.79 Å². The summed E-state index contributed by atoms with van der Waals surface area (Å²) in [6.07, 6.45) is 22.5. The Hall–Kier alpha value is -3.54. The van der Waals surface area contributed by atoms with Crippen LogP contribution in [0, 0.1) is 18.3 Å². The summed E-state index contributed by atoms with van der Waals surface area (Å²) < 4.78 is 5.48. The van der Waals surface area contributed by atoms with E-state index in [1.807, 2.05) is 44.2 Å². The maximum absolute atomic E-state index is 11.3. The highest BCUT2D eigenvalue weighted by molar-refractivity contribution is 5.85. The highest BCUT2D eigenvalue weighted by Crippen LogP contribution is 2.53. The van der Waals surface area contributed by atoms with Crippen molar-refractivity contribution in [3.05, 3.63) is 42.4 Å². The Kier molecular flexibility index (Phi) is 18.5. The molecule has 1 saturated heterocycles. The topological polar surface area (TPSA) is 114 Å². The molecule has 8 nitrogen and oxygen atoms in total. The number of carbonyl (C=O) groups excluding carboxylic acids is 2. The summed E-state index contributed by atoms with van der Waals surface area (Å²) in [5.41, 5.74) is 8.13. The first-order valence-corrected chi connectivity index (χ1v) is 15.5. The Bertz CT molecular complexity index is 1210. The van der Waals surface area contributed by atoms with E-state index in [0.717, 1.165) is 71.9 Å². The van der Waals surface area contributed by atoms with E-state index in [0.29, 0.717) is 18.1 Å². The lowest BCUT2D eigenvalue weighted by atomic mass is 9.94. The Morgan fingerprint density at radius 3 is 2.30 bits per heavy atom. The van der Waals surface area contributed by atoms with E-state index in [9.17, 15) is 4.79 Å². The zero-order chi connectivity index (χ0) is 32.1. The second-order valence-corrected chi connectivity index (χ2v) is 10.7. The number of ketones is 1. The number of nitrogens with zero attached hydrogens (tertiary/aromatic N) is 3. The Labute approximate surface area is 259 Å². The summed E-state index contributed by atoms with van der Waals surface area (Å²) in [5, 5.41) is 1.08. The summed E-state index contributed by atoms with van der Waals surface area (Å²) in [7, 11) is 3.14. The van der Waals surface area contributed by atoms with Gasteiger partial charge in [-0.25, -0.2) is 9.97 Å². The van der Waals surface area contributed by atoms with Crippen LogP contribution >= 0.6 is 0 Å². The van der Waals surface area contributed by atoms with E-state index in [2.05, 4.69) is 51.4 Å². The van der Waals surface area contributed by atoms with Gasteiger partial charge >= 0.3 is 0 Å². The molecular weight excluding hydrogens is 538 g/mol. The number of hydrogen-bond acceptors (Lipinski definition) is 7. The van der Waals surface area contributed by atoms with Crippen molar-refractivity contribution in [2.45, 2.75) is 84.5 Å². The fraction of sp³-hybridized carbons (Fsp3) is 0.543. The number of pyridine rings is 1. The Morgan fingerprint density at radius 2 is 1.70 bits per heavy atom. The number of nitrogens with two attached hydrogens (primary N) is 1. The highest BCUT2D eigenvalue weighted by Gasteiger charge is 2.43. The number of terminal acetylenes is 1. The number of ether oxygens (including phenoxy) is 1. The molecule has 0 radical (unpaired) electrons. The third-order valence-electron chi connectivity index (χ3n) is 8.14. The number of piperidine rings is 1. The largest absolute Gasteiger partial charge is 0.480 e. The van der Waals surface area contributed by atoms with Crippen molar-refractivity contribution in [2.75, 3.05) is 33.8 Å². The van der Waals surface area contributed by atoms with Crippen molar-refractivity contribution in [1.29, 1.82) is 0 Å². The summed E-state index contributed by atoms with van der Waals surface area (Å²) in [4.78, 5) is 34.4. The van der Waals surface area contributed by atoms with E-state index in [1.165, 1.54) is 52.4 Å². The fourth-order valence-corrected chi connectivity index (χ4v) is 5.24.